The molecule has 3 aromatic heterocycles. The maximum Gasteiger partial charge on any atom is 0.374 e. The smallest absolute Gasteiger partial charge is 0.374 e. The predicted octanol–water partition coefficient (Wildman–Crippen LogP) is 2.61. The van der Waals surface area contributed by atoms with Crippen LogP contribution < -0.4 is 0 Å². The number of carbonyl (C=O) groups is 8. The molecule has 352 valence electrons. The van der Waals surface area contributed by atoms with Crippen molar-refractivity contribution in [3.05, 3.63) is 83.8 Å². The third-order valence-electron chi connectivity index (χ3n) is 12.9. The van der Waals surface area contributed by atoms with Gasteiger partial charge in [0, 0.05) is 52.2 Å². The van der Waals surface area contributed by atoms with Crippen molar-refractivity contribution in [1.29, 1.82) is 0 Å². The van der Waals surface area contributed by atoms with Gasteiger partial charge in [0.25, 0.3) is 0 Å². The predicted molar refractivity (Wildman–Crippen MR) is 215 cm³/mol. The molecule has 0 aromatic carbocycles. The fourth-order valence-corrected chi connectivity index (χ4v) is 10.1. The van der Waals surface area contributed by atoms with Gasteiger partial charge < -0.3 is 52.2 Å². The molecule has 1 spiro atoms. The van der Waals surface area contributed by atoms with Gasteiger partial charge in [0.15, 0.2) is 30.0 Å². The van der Waals surface area contributed by atoms with E-state index in [1.807, 2.05) is 0 Å². The van der Waals surface area contributed by atoms with E-state index in [0.29, 0.717) is 0 Å². The minimum Gasteiger partial charge on any atom is -0.465 e. The van der Waals surface area contributed by atoms with Crippen LogP contribution in [0.2, 0.25) is 0 Å². The molecule has 1 N–H and O–H groups in total. The molecule has 21 nitrogen and oxygen atoms in total. The van der Waals surface area contributed by atoms with Gasteiger partial charge >= 0.3 is 47.8 Å². The SMILES string of the molecule is CC(=O)OC[C@]12[C@H](OC(C)=O)[C@H](OC(=O)c3cccnc3)C3C(OC(=O)c4ccco4)[C@@]14O[C@@]3(C)COC(=O)c1cccnc1C(C)C(C)C(=O)O[C@@H]([C@H](OC(C)=O)[C@@H]2OC(C)=O)[C@]4(C)O. The topological polar surface area (TPSA) is 279 Å². The highest BCUT2D eigenvalue weighted by molar-refractivity contribution is 5.91. The van der Waals surface area contributed by atoms with Gasteiger partial charge in [0.05, 0.1) is 34.9 Å². The number of pyridine rings is 2. The molecule has 7 rings (SSSR count). The Morgan fingerprint density at radius 2 is 1.44 bits per heavy atom. The Morgan fingerprint density at radius 1 is 0.773 bits per heavy atom. The lowest BCUT2D eigenvalue weighted by molar-refractivity contribution is -0.385. The second-order valence-electron chi connectivity index (χ2n) is 17.1. The number of hydrogen-bond donors (Lipinski definition) is 1. The van der Waals surface area contributed by atoms with Gasteiger partial charge in [-0.1, -0.05) is 13.8 Å². The molecule has 4 unspecified atom stereocenters. The molecular formula is C45H48N2O19. The van der Waals surface area contributed by atoms with Crippen molar-refractivity contribution in [3.63, 3.8) is 0 Å². The highest BCUT2D eigenvalue weighted by Crippen LogP contribution is 2.70. The molecule has 66 heavy (non-hydrogen) atoms. The van der Waals surface area contributed by atoms with E-state index in [4.69, 9.17) is 47.0 Å². The Hall–Kier alpha value is -6.74. The van der Waals surface area contributed by atoms with Crippen LogP contribution in [-0.4, -0.2) is 129 Å². The Morgan fingerprint density at radius 3 is 2.05 bits per heavy atom. The third kappa shape index (κ3) is 7.72. The van der Waals surface area contributed by atoms with Crippen molar-refractivity contribution in [2.24, 2.45) is 17.3 Å². The highest BCUT2D eigenvalue weighted by Gasteiger charge is 2.92. The number of fused-ring (bicyclic) bond motifs is 5. The maximum atomic E-state index is 14.6. The molecule has 2 aliphatic heterocycles. The molecule has 3 aromatic rings. The third-order valence-corrected chi connectivity index (χ3v) is 12.9. The van der Waals surface area contributed by atoms with Crippen molar-refractivity contribution < 1.29 is 90.5 Å². The maximum absolute atomic E-state index is 14.6. The van der Waals surface area contributed by atoms with Crippen LogP contribution in [0, 0.1) is 17.3 Å². The lowest BCUT2D eigenvalue weighted by atomic mass is 9.45. The summed E-state index contributed by atoms with van der Waals surface area (Å²) in [5, 5.41) is 13.8. The van der Waals surface area contributed by atoms with E-state index in [1.165, 1.54) is 62.6 Å². The van der Waals surface area contributed by atoms with Crippen LogP contribution >= 0.6 is 0 Å². The summed E-state index contributed by atoms with van der Waals surface area (Å²) in [5.41, 5.74) is -10.9. The van der Waals surface area contributed by atoms with Crippen molar-refractivity contribution >= 4 is 47.8 Å². The number of carbonyl (C=O) groups excluding carboxylic acids is 8. The zero-order valence-electron chi connectivity index (χ0n) is 37.1. The van der Waals surface area contributed by atoms with Crippen molar-refractivity contribution in [2.45, 2.75) is 115 Å². The first kappa shape index (κ1) is 47.2. The van der Waals surface area contributed by atoms with E-state index in [9.17, 15) is 43.5 Å². The largest absolute Gasteiger partial charge is 0.465 e. The number of rotatable bonds is 9. The number of hydrogen-bond acceptors (Lipinski definition) is 21. The lowest BCUT2D eigenvalue weighted by Crippen LogP contribution is -2.89. The minimum absolute atomic E-state index is 0.0771. The van der Waals surface area contributed by atoms with Gasteiger partial charge in [0.2, 0.25) is 5.76 Å². The second kappa shape index (κ2) is 17.6. The standard InChI is InChI=1S/C45H48N2O19/c1-21-22(2)38(52)65-35-33(60-24(4)49)37(62-26(6)51)44(20-58-23(3)48)36(61-25(5)50)32(63-39(53)27-12-9-15-46-18-27)30-34(64-41(55)29-14-11-17-57-29)45(44,43(35,8)56)66-42(30,7)19-59-40(54)28-13-10-16-47-31(21)28/h9-18,21-22,30,32-37,56H,19-20H2,1-8H3/t21?,22?,30?,32-,33+,34?,35+,36-,37+,42+,43+,44-,45+/m1/s1. The van der Waals surface area contributed by atoms with Crippen LogP contribution in [0.5, 0.6) is 0 Å². The molecular weight excluding hydrogens is 872 g/mol. The normalized spacial score (nSPS) is 34.5. The molecule has 13 atom stereocenters. The Labute approximate surface area is 376 Å². The van der Waals surface area contributed by atoms with Gasteiger partial charge in [-0.15, -0.1) is 0 Å². The van der Waals surface area contributed by atoms with Crippen LogP contribution in [0.1, 0.15) is 98.3 Å². The average molecular weight is 921 g/mol. The molecule has 2 aliphatic carbocycles. The second-order valence-corrected chi connectivity index (χ2v) is 17.1. The molecule has 5 heterocycles. The summed E-state index contributed by atoms with van der Waals surface area (Å²) < 4.78 is 61.4. The van der Waals surface area contributed by atoms with Gasteiger partial charge in [-0.25, -0.2) is 14.4 Å². The van der Waals surface area contributed by atoms with Gasteiger partial charge in [-0.05, 0) is 50.2 Å². The Kier molecular flexibility index (Phi) is 12.6. The Bertz CT molecular complexity index is 2420. The average Bonchev–Trinajstić information content (AvgIpc) is 3.88. The molecule has 21 heteroatoms. The fraction of sp³-hybridized carbons (Fsp3) is 0.511. The van der Waals surface area contributed by atoms with E-state index in [-0.39, 0.29) is 16.8 Å². The van der Waals surface area contributed by atoms with Crippen molar-refractivity contribution in [2.75, 3.05) is 13.2 Å². The van der Waals surface area contributed by atoms with Crippen molar-refractivity contribution in [1.82, 2.24) is 9.97 Å². The van der Waals surface area contributed by atoms with E-state index in [0.717, 1.165) is 47.1 Å². The lowest BCUT2D eigenvalue weighted by Gasteiger charge is -2.67. The fourth-order valence-electron chi connectivity index (χ4n) is 10.1. The molecule has 0 radical (unpaired) electrons. The number of esters is 8. The van der Waals surface area contributed by atoms with E-state index in [1.54, 1.807) is 6.92 Å². The summed E-state index contributed by atoms with van der Waals surface area (Å²) in [4.78, 5) is 120. The molecule has 1 saturated heterocycles. The number of aliphatic hydroxyl groups is 1. The summed E-state index contributed by atoms with van der Waals surface area (Å²) in [6.07, 6.45) is -7.63. The van der Waals surface area contributed by atoms with Crippen LogP contribution in [0.15, 0.2) is 65.7 Å². The molecule has 4 bridgehead atoms. The first-order valence-electron chi connectivity index (χ1n) is 20.9. The molecule has 3 fully saturated rings. The van der Waals surface area contributed by atoms with Crippen LogP contribution in [0.4, 0.5) is 0 Å². The number of aromatic nitrogens is 2. The number of cyclic esters (lactones) is 1. The Balaban J connectivity index is 1.65. The van der Waals surface area contributed by atoms with E-state index >= 15 is 0 Å². The monoisotopic (exact) mass is 920 g/mol. The van der Waals surface area contributed by atoms with E-state index < -0.39 is 143 Å². The first-order chi connectivity index (χ1) is 31.1. The van der Waals surface area contributed by atoms with E-state index in [2.05, 4.69) is 9.97 Å². The molecule has 0 amide bonds. The molecule has 4 aliphatic rings. The number of nitrogens with zero attached hydrogens (tertiary/aromatic N) is 2. The van der Waals surface area contributed by atoms with Crippen molar-refractivity contribution in [3.8, 4) is 0 Å². The highest BCUT2D eigenvalue weighted by atomic mass is 16.7. The summed E-state index contributed by atoms with van der Waals surface area (Å²) >= 11 is 0. The van der Waals surface area contributed by atoms with Crippen LogP contribution in [0.3, 0.4) is 0 Å². The van der Waals surface area contributed by atoms with Gasteiger partial charge in [0.1, 0.15) is 42.0 Å². The summed E-state index contributed by atoms with van der Waals surface area (Å²) in [5.74, 6) is -12.9. The molecule has 2 saturated carbocycles. The number of ether oxygens (including phenoxy) is 9. The summed E-state index contributed by atoms with van der Waals surface area (Å²) in [6.45, 7) is 7.37. The zero-order chi connectivity index (χ0) is 48.1. The van der Waals surface area contributed by atoms with Gasteiger partial charge in [-0.3, -0.25) is 33.9 Å². The first-order valence-corrected chi connectivity index (χ1v) is 20.9. The van der Waals surface area contributed by atoms with Crippen LogP contribution in [-0.2, 0) is 66.6 Å². The zero-order valence-corrected chi connectivity index (χ0v) is 37.1. The summed E-state index contributed by atoms with van der Waals surface area (Å²) in [6, 6.07) is 8.25. The van der Waals surface area contributed by atoms with Gasteiger partial charge in [-0.2, -0.15) is 0 Å². The number of furan rings is 1. The quantitative estimate of drug-likeness (QED) is 0.238. The van der Waals surface area contributed by atoms with Crippen LogP contribution in [0.25, 0.3) is 0 Å². The summed E-state index contributed by atoms with van der Waals surface area (Å²) in [7, 11) is 0. The minimum atomic E-state index is -2.94.